The van der Waals surface area contributed by atoms with Crippen LogP contribution in [0.1, 0.15) is 42.4 Å². The number of nitrogens with zero attached hydrogens (tertiary/aromatic N) is 1. The van der Waals surface area contributed by atoms with Gasteiger partial charge < -0.3 is 5.11 Å². The monoisotopic (exact) mass is 509 g/mol. The number of rotatable bonds is 2. The maximum absolute atomic E-state index is 13.3. The average molecular weight is 510 g/mol. The number of likely N-dealkylation sites (tertiary alicyclic amines) is 1. The molecule has 0 bridgehead atoms. The molecular weight excluding hydrogens is 486 g/mol. The number of aromatic hydroxyl groups is 1. The van der Waals surface area contributed by atoms with Crippen LogP contribution in [0.5, 0.6) is 5.75 Å². The number of fused-ring (bicyclic) bond motifs is 3. The SMILES string of the molecule is CCN1C(=O)C2CC=C3C(c4cc(C)c(O)c(C)c4)C4=C(CC3C2C1=O)C(=O)C(Br)=CC4=O. The van der Waals surface area contributed by atoms with Crippen LogP contribution < -0.4 is 0 Å². The maximum atomic E-state index is 13.3. The molecule has 7 heteroatoms. The van der Waals surface area contributed by atoms with E-state index in [1.54, 1.807) is 20.8 Å². The van der Waals surface area contributed by atoms with Crippen LogP contribution in [0, 0.1) is 31.6 Å². The Morgan fingerprint density at radius 1 is 1.06 bits per heavy atom. The number of amides is 2. The normalized spacial score (nSPS) is 29.0. The molecule has 2 amide bonds. The molecule has 1 aliphatic heterocycles. The molecule has 1 saturated heterocycles. The van der Waals surface area contributed by atoms with Crippen molar-refractivity contribution in [2.75, 3.05) is 6.54 Å². The van der Waals surface area contributed by atoms with E-state index in [9.17, 15) is 24.3 Å². The molecule has 0 saturated carbocycles. The van der Waals surface area contributed by atoms with Crippen molar-refractivity contribution >= 4 is 39.3 Å². The fraction of sp³-hybridized carbons (Fsp3) is 0.385. The van der Waals surface area contributed by atoms with Crippen LogP contribution in [-0.4, -0.2) is 39.9 Å². The molecule has 0 spiro atoms. The number of halogens is 1. The van der Waals surface area contributed by atoms with E-state index in [2.05, 4.69) is 15.9 Å². The Labute approximate surface area is 200 Å². The fourth-order valence-corrected chi connectivity index (χ4v) is 6.57. The van der Waals surface area contributed by atoms with Gasteiger partial charge in [0, 0.05) is 29.7 Å². The molecule has 5 rings (SSSR count). The number of carbonyl (C=O) groups excluding carboxylic acids is 4. The van der Waals surface area contributed by atoms with E-state index in [0.717, 1.165) is 11.1 Å². The maximum Gasteiger partial charge on any atom is 0.233 e. The van der Waals surface area contributed by atoms with Crippen molar-refractivity contribution < 1.29 is 24.3 Å². The zero-order valence-corrected chi connectivity index (χ0v) is 20.2. The molecule has 1 fully saturated rings. The second-order valence-corrected chi connectivity index (χ2v) is 10.2. The van der Waals surface area contributed by atoms with Gasteiger partial charge in [0.25, 0.3) is 0 Å². The summed E-state index contributed by atoms with van der Waals surface area (Å²) in [4.78, 5) is 53.8. The van der Waals surface area contributed by atoms with Gasteiger partial charge in [-0.2, -0.15) is 0 Å². The first-order valence-electron chi connectivity index (χ1n) is 11.2. The van der Waals surface area contributed by atoms with Gasteiger partial charge in [0.1, 0.15) is 5.75 Å². The molecule has 1 heterocycles. The van der Waals surface area contributed by atoms with E-state index in [4.69, 9.17) is 0 Å². The van der Waals surface area contributed by atoms with Crippen LogP contribution in [0.15, 0.2) is 45.5 Å². The molecule has 3 aliphatic carbocycles. The van der Waals surface area contributed by atoms with Crippen LogP contribution in [0.3, 0.4) is 0 Å². The van der Waals surface area contributed by atoms with E-state index in [1.807, 2.05) is 18.2 Å². The van der Waals surface area contributed by atoms with Crippen LogP contribution in [0.2, 0.25) is 0 Å². The Kier molecular flexibility index (Phi) is 5.08. The number of phenols is 1. The highest BCUT2D eigenvalue weighted by atomic mass is 79.9. The fourth-order valence-electron chi connectivity index (χ4n) is 6.12. The Balaban J connectivity index is 1.72. The predicted octanol–water partition coefficient (Wildman–Crippen LogP) is 3.79. The number of hydrogen-bond donors (Lipinski definition) is 1. The summed E-state index contributed by atoms with van der Waals surface area (Å²) in [6.07, 6.45) is 4.03. The summed E-state index contributed by atoms with van der Waals surface area (Å²) in [5.74, 6) is -2.39. The largest absolute Gasteiger partial charge is 0.507 e. The molecule has 4 atom stereocenters. The molecule has 6 nitrogen and oxygen atoms in total. The van der Waals surface area contributed by atoms with Crippen molar-refractivity contribution in [1.82, 2.24) is 4.90 Å². The molecule has 33 heavy (non-hydrogen) atoms. The van der Waals surface area contributed by atoms with Crippen LogP contribution >= 0.6 is 15.9 Å². The number of ketones is 2. The first-order valence-corrected chi connectivity index (χ1v) is 12.0. The highest BCUT2D eigenvalue weighted by molar-refractivity contribution is 9.12. The number of phenolic OH excluding ortho intramolecular Hbond substituents is 1. The highest BCUT2D eigenvalue weighted by Crippen LogP contribution is 2.55. The van der Waals surface area contributed by atoms with Crippen molar-refractivity contribution in [2.45, 2.75) is 39.5 Å². The van der Waals surface area contributed by atoms with Crippen LogP contribution in [0.4, 0.5) is 0 Å². The smallest absolute Gasteiger partial charge is 0.233 e. The minimum Gasteiger partial charge on any atom is -0.507 e. The number of benzene rings is 1. The third-order valence-corrected chi connectivity index (χ3v) is 8.17. The van der Waals surface area contributed by atoms with Crippen LogP contribution in [0.25, 0.3) is 0 Å². The second kappa shape index (κ2) is 7.62. The van der Waals surface area contributed by atoms with Gasteiger partial charge in [-0.05, 0) is 72.2 Å². The molecular formula is C26H24BrNO5. The zero-order valence-electron chi connectivity index (χ0n) is 18.6. The summed E-state index contributed by atoms with van der Waals surface area (Å²) in [7, 11) is 0. The Bertz CT molecular complexity index is 1230. The zero-order chi connectivity index (χ0) is 23.8. The lowest BCUT2D eigenvalue weighted by atomic mass is 9.59. The standard InChI is InChI=1S/C26H24BrNO5/c1-4-28-25(32)15-6-5-14-16(21(15)26(28)33)9-17-22(19(29)10-18(27)24(17)31)20(14)13-7-11(2)23(30)12(3)8-13/h5,7-8,10,15-16,20-21,30H,4,6,9H2,1-3H3. The minimum absolute atomic E-state index is 0.150. The lowest BCUT2D eigenvalue weighted by Gasteiger charge is -2.42. The number of aryl methyl sites for hydroxylation is 2. The lowest BCUT2D eigenvalue weighted by molar-refractivity contribution is -0.139. The Morgan fingerprint density at radius 2 is 1.73 bits per heavy atom. The molecule has 4 aliphatic rings. The van der Waals surface area contributed by atoms with Crippen molar-refractivity contribution in [3.63, 3.8) is 0 Å². The van der Waals surface area contributed by atoms with Crippen molar-refractivity contribution in [3.05, 3.63) is 62.2 Å². The predicted molar refractivity (Wildman–Crippen MR) is 125 cm³/mol. The van der Waals surface area contributed by atoms with Gasteiger partial charge in [-0.1, -0.05) is 23.8 Å². The summed E-state index contributed by atoms with van der Waals surface area (Å²) in [5.41, 5.74) is 3.95. The first kappa shape index (κ1) is 22.0. The number of Topliss-reactive ketones (excluding diaryl/α,β-unsaturated/α-hetero) is 1. The number of imide groups is 1. The summed E-state index contributed by atoms with van der Waals surface area (Å²) in [5, 5.41) is 10.3. The highest BCUT2D eigenvalue weighted by Gasteiger charge is 2.55. The van der Waals surface area contributed by atoms with Crippen molar-refractivity contribution in [1.29, 1.82) is 0 Å². The quantitative estimate of drug-likeness (QED) is 0.372. The summed E-state index contributed by atoms with van der Waals surface area (Å²) >= 11 is 3.23. The van der Waals surface area contributed by atoms with E-state index in [1.165, 1.54) is 11.0 Å². The molecule has 1 N–H and O–H groups in total. The molecule has 0 radical (unpaired) electrons. The third-order valence-electron chi connectivity index (χ3n) is 7.59. The van der Waals surface area contributed by atoms with E-state index >= 15 is 0 Å². The number of allylic oxidation sites excluding steroid dienone is 6. The van der Waals surface area contributed by atoms with Gasteiger partial charge >= 0.3 is 0 Å². The van der Waals surface area contributed by atoms with Gasteiger partial charge in [0.2, 0.25) is 11.8 Å². The first-order chi connectivity index (χ1) is 15.6. The summed E-state index contributed by atoms with van der Waals surface area (Å²) in [6, 6.07) is 3.69. The van der Waals surface area contributed by atoms with Gasteiger partial charge in [-0.3, -0.25) is 24.1 Å². The Hall–Kier alpha value is -2.80. The topological polar surface area (TPSA) is 91.8 Å². The molecule has 170 valence electrons. The van der Waals surface area contributed by atoms with Gasteiger partial charge in [0.05, 0.1) is 16.3 Å². The minimum atomic E-state index is -0.527. The molecule has 4 unspecified atom stereocenters. The lowest BCUT2D eigenvalue weighted by Crippen LogP contribution is -2.39. The van der Waals surface area contributed by atoms with E-state index in [0.29, 0.717) is 35.2 Å². The number of hydrogen-bond acceptors (Lipinski definition) is 5. The molecule has 0 aromatic heterocycles. The summed E-state index contributed by atoms with van der Waals surface area (Å²) in [6.45, 7) is 5.72. The molecule has 1 aromatic rings. The Morgan fingerprint density at radius 3 is 2.36 bits per heavy atom. The van der Waals surface area contributed by atoms with E-state index in [-0.39, 0.29) is 46.0 Å². The van der Waals surface area contributed by atoms with Crippen molar-refractivity contribution in [2.24, 2.45) is 17.8 Å². The molecule has 1 aromatic carbocycles. The van der Waals surface area contributed by atoms with Gasteiger partial charge in [-0.25, -0.2) is 0 Å². The summed E-state index contributed by atoms with van der Waals surface area (Å²) < 4.78 is 0.215. The third kappa shape index (κ3) is 3.05. The van der Waals surface area contributed by atoms with Gasteiger partial charge in [0.15, 0.2) is 11.6 Å². The van der Waals surface area contributed by atoms with E-state index < -0.39 is 17.8 Å². The number of carbonyl (C=O) groups is 4. The second-order valence-electron chi connectivity index (χ2n) is 9.32. The van der Waals surface area contributed by atoms with Crippen LogP contribution in [-0.2, 0) is 19.2 Å². The van der Waals surface area contributed by atoms with Crippen molar-refractivity contribution in [3.8, 4) is 5.75 Å². The average Bonchev–Trinajstić information content (AvgIpc) is 3.03. The van der Waals surface area contributed by atoms with Gasteiger partial charge in [-0.15, -0.1) is 0 Å².